The van der Waals surface area contributed by atoms with E-state index in [1.807, 2.05) is 13.8 Å². The van der Waals surface area contributed by atoms with Gasteiger partial charge in [0.2, 0.25) is 5.82 Å². The molecule has 0 aromatic carbocycles. The van der Waals surface area contributed by atoms with Crippen molar-refractivity contribution in [1.29, 1.82) is 0 Å². The summed E-state index contributed by atoms with van der Waals surface area (Å²) < 4.78 is 1.47. The number of nitrogens with one attached hydrogen (secondary N) is 1. The van der Waals surface area contributed by atoms with Gasteiger partial charge in [0.05, 0.1) is 10.8 Å². The molecule has 21 heavy (non-hydrogen) atoms. The van der Waals surface area contributed by atoms with Crippen LogP contribution in [-0.4, -0.2) is 32.3 Å². The largest absolute Gasteiger partial charge is 0.481 e. The molecule has 1 heterocycles. The molecule has 0 radical (unpaired) electrons. The van der Waals surface area contributed by atoms with Crippen molar-refractivity contribution >= 4 is 17.5 Å². The summed E-state index contributed by atoms with van der Waals surface area (Å²) in [6, 6.07) is 0. The van der Waals surface area contributed by atoms with E-state index in [9.17, 15) is 14.9 Å². The Morgan fingerprint density at radius 3 is 2.57 bits per heavy atom. The molecule has 2 N–H and O–H groups in total. The number of carbonyl (C=O) groups is 1. The Morgan fingerprint density at radius 1 is 1.48 bits per heavy atom. The molecule has 0 spiro atoms. The first-order valence-corrected chi connectivity index (χ1v) is 6.93. The van der Waals surface area contributed by atoms with Gasteiger partial charge in [-0.05, 0) is 12.8 Å². The van der Waals surface area contributed by atoms with Gasteiger partial charge in [-0.25, -0.2) is 4.68 Å². The lowest BCUT2D eigenvalue weighted by molar-refractivity contribution is -0.384. The molecule has 0 saturated heterocycles. The molecule has 1 unspecified atom stereocenters. The van der Waals surface area contributed by atoms with Crippen molar-refractivity contribution in [3.63, 3.8) is 0 Å². The van der Waals surface area contributed by atoms with E-state index in [4.69, 9.17) is 5.11 Å². The Labute approximate surface area is 123 Å². The van der Waals surface area contributed by atoms with Crippen molar-refractivity contribution < 1.29 is 14.8 Å². The number of hydrogen-bond acceptors (Lipinski definition) is 5. The van der Waals surface area contributed by atoms with E-state index < -0.39 is 16.8 Å². The van der Waals surface area contributed by atoms with E-state index in [-0.39, 0.29) is 11.6 Å². The molecule has 8 heteroatoms. The average molecular weight is 298 g/mol. The van der Waals surface area contributed by atoms with Gasteiger partial charge in [0.25, 0.3) is 0 Å². The second-order valence-corrected chi connectivity index (χ2v) is 5.43. The number of nitro groups is 1. The summed E-state index contributed by atoms with van der Waals surface area (Å²) in [5.41, 5.74) is 0.447. The highest BCUT2D eigenvalue weighted by Crippen LogP contribution is 2.32. The SMILES string of the molecule is CC(CCCNc1c([N+](=O)[O-])c(C(C)C)nn1C)C(=O)O. The Kier molecular flexibility index (Phi) is 5.69. The predicted octanol–water partition coefficient (Wildman–Crippen LogP) is 2.36. The molecule has 1 rings (SSSR count). The number of aromatic nitrogens is 2. The summed E-state index contributed by atoms with van der Waals surface area (Å²) >= 11 is 0. The van der Waals surface area contributed by atoms with Gasteiger partial charge in [-0.2, -0.15) is 5.10 Å². The van der Waals surface area contributed by atoms with Gasteiger partial charge in [0.15, 0.2) is 0 Å². The highest BCUT2D eigenvalue weighted by Gasteiger charge is 2.28. The molecule has 0 aliphatic heterocycles. The van der Waals surface area contributed by atoms with Crippen LogP contribution >= 0.6 is 0 Å². The van der Waals surface area contributed by atoms with E-state index >= 15 is 0 Å². The fraction of sp³-hybridized carbons (Fsp3) is 0.692. The molecule has 0 fully saturated rings. The van der Waals surface area contributed by atoms with Gasteiger partial charge in [0, 0.05) is 19.5 Å². The minimum atomic E-state index is -0.830. The van der Waals surface area contributed by atoms with Gasteiger partial charge in [-0.1, -0.05) is 20.8 Å². The lowest BCUT2D eigenvalue weighted by atomic mass is 10.1. The molecule has 118 valence electrons. The third-order valence-electron chi connectivity index (χ3n) is 3.31. The highest BCUT2D eigenvalue weighted by molar-refractivity contribution is 5.69. The summed E-state index contributed by atoms with van der Waals surface area (Å²) in [6.07, 6.45) is 1.14. The maximum atomic E-state index is 11.2. The smallest absolute Gasteiger partial charge is 0.334 e. The number of anilines is 1. The fourth-order valence-electron chi connectivity index (χ4n) is 2.04. The normalized spacial score (nSPS) is 12.4. The molecule has 0 amide bonds. The van der Waals surface area contributed by atoms with Crippen LogP contribution in [0.1, 0.15) is 45.2 Å². The molecule has 0 bridgehead atoms. The summed E-state index contributed by atoms with van der Waals surface area (Å²) in [6.45, 7) is 5.82. The van der Waals surface area contributed by atoms with Gasteiger partial charge in [-0.3, -0.25) is 14.9 Å². The first-order valence-electron chi connectivity index (χ1n) is 6.93. The first-order chi connectivity index (χ1) is 9.75. The number of carboxylic acids is 1. The van der Waals surface area contributed by atoms with Gasteiger partial charge in [-0.15, -0.1) is 0 Å². The van der Waals surface area contributed by atoms with Crippen LogP contribution in [0, 0.1) is 16.0 Å². The minimum absolute atomic E-state index is 0.00113. The van der Waals surface area contributed by atoms with Crippen LogP contribution in [0.3, 0.4) is 0 Å². The molecular weight excluding hydrogens is 276 g/mol. The van der Waals surface area contributed by atoms with E-state index in [1.54, 1.807) is 14.0 Å². The highest BCUT2D eigenvalue weighted by atomic mass is 16.6. The Morgan fingerprint density at radius 2 is 2.10 bits per heavy atom. The van der Waals surface area contributed by atoms with Gasteiger partial charge in [0.1, 0.15) is 5.69 Å². The van der Waals surface area contributed by atoms with E-state index in [0.29, 0.717) is 30.9 Å². The zero-order chi connectivity index (χ0) is 16.2. The number of aliphatic carboxylic acids is 1. The van der Waals surface area contributed by atoms with Crippen molar-refractivity contribution in [3.05, 3.63) is 15.8 Å². The summed E-state index contributed by atoms with van der Waals surface area (Å²) in [4.78, 5) is 21.5. The maximum Gasteiger partial charge on any atom is 0.334 e. The quantitative estimate of drug-likeness (QED) is 0.433. The van der Waals surface area contributed by atoms with Crippen LogP contribution in [-0.2, 0) is 11.8 Å². The van der Waals surface area contributed by atoms with Crippen molar-refractivity contribution in [1.82, 2.24) is 9.78 Å². The Balaban J connectivity index is 2.75. The number of carboxylic acid groups (broad SMARTS) is 1. The van der Waals surface area contributed by atoms with Crippen molar-refractivity contribution in [2.24, 2.45) is 13.0 Å². The summed E-state index contributed by atoms with van der Waals surface area (Å²) in [7, 11) is 1.65. The Hall–Kier alpha value is -2.12. The lowest BCUT2D eigenvalue weighted by Crippen LogP contribution is -2.13. The first kappa shape index (κ1) is 16.9. The number of rotatable bonds is 8. The predicted molar refractivity (Wildman–Crippen MR) is 78.5 cm³/mol. The van der Waals surface area contributed by atoms with Gasteiger partial charge >= 0.3 is 11.7 Å². The number of nitrogens with zero attached hydrogens (tertiary/aromatic N) is 3. The van der Waals surface area contributed by atoms with Crippen molar-refractivity contribution in [2.45, 2.75) is 39.5 Å². The second-order valence-electron chi connectivity index (χ2n) is 5.43. The van der Waals surface area contributed by atoms with Crippen molar-refractivity contribution in [2.75, 3.05) is 11.9 Å². The topological polar surface area (TPSA) is 110 Å². The minimum Gasteiger partial charge on any atom is -0.481 e. The van der Waals surface area contributed by atoms with E-state index in [0.717, 1.165) is 0 Å². The zero-order valence-corrected chi connectivity index (χ0v) is 12.8. The van der Waals surface area contributed by atoms with E-state index in [1.165, 1.54) is 4.68 Å². The fourth-order valence-corrected chi connectivity index (χ4v) is 2.04. The maximum absolute atomic E-state index is 11.2. The molecule has 8 nitrogen and oxygen atoms in total. The monoisotopic (exact) mass is 298 g/mol. The molecular formula is C13H22N4O4. The summed E-state index contributed by atoms with van der Waals surface area (Å²) in [5, 5.41) is 27.2. The van der Waals surface area contributed by atoms with E-state index in [2.05, 4.69) is 10.4 Å². The molecule has 1 aromatic rings. The van der Waals surface area contributed by atoms with Crippen LogP contribution in [0.4, 0.5) is 11.5 Å². The van der Waals surface area contributed by atoms with Crippen LogP contribution in [0.15, 0.2) is 0 Å². The van der Waals surface area contributed by atoms with Crippen LogP contribution in [0.5, 0.6) is 0 Å². The van der Waals surface area contributed by atoms with Crippen LogP contribution in [0.25, 0.3) is 0 Å². The third-order valence-corrected chi connectivity index (χ3v) is 3.31. The molecule has 1 aromatic heterocycles. The lowest BCUT2D eigenvalue weighted by Gasteiger charge is -2.08. The molecule has 0 saturated carbocycles. The summed E-state index contributed by atoms with van der Waals surface area (Å²) in [5.74, 6) is -0.922. The standard InChI is InChI=1S/C13H22N4O4/c1-8(2)10-11(17(20)21)12(16(4)15-10)14-7-5-6-9(3)13(18)19/h8-9,14H,5-7H2,1-4H3,(H,18,19). The Bertz CT molecular complexity index is 524. The average Bonchev–Trinajstić information content (AvgIpc) is 2.71. The van der Waals surface area contributed by atoms with Crippen LogP contribution in [0.2, 0.25) is 0 Å². The molecule has 1 atom stereocenters. The van der Waals surface area contributed by atoms with Crippen LogP contribution < -0.4 is 5.32 Å². The molecule has 0 aliphatic rings. The van der Waals surface area contributed by atoms with Crippen molar-refractivity contribution in [3.8, 4) is 0 Å². The number of aryl methyl sites for hydroxylation is 1. The van der Waals surface area contributed by atoms with Gasteiger partial charge < -0.3 is 10.4 Å². The third kappa shape index (κ3) is 4.17. The number of hydrogen-bond donors (Lipinski definition) is 2. The second kappa shape index (κ2) is 7.05. The zero-order valence-electron chi connectivity index (χ0n) is 12.8. The molecule has 0 aliphatic carbocycles.